The van der Waals surface area contributed by atoms with E-state index in [-0.39, 0.29) is 6.04 Å². The molecule has 0 aromatic carbocycles. The van der Waals surface area contributed by atoms with Crippen LogP contribution >= 0.6 is 27.3 Å². The Hall–Kier alpha value is -0.160. The number of nitrogens with one attached hydrogen (secondary N) is 1. The number of halogens is 1. The maximum Gasteiger partial charge on any atom is 0.0733 e. The van der Waals surface area contributed by atoms with Crippen molar-refractivity contribution in [2.24, 2.45) is 5.73 Å². The summed E-state index contributed by atoms with van der Waals surface area (Å²) in [5.74, 6) is 0. The van der Waals surface area contributed by atoms with Crippen molar-refractivity contribution in [1.29, 1.82) is 0 Å². The van der Waals surface area contributed by atoms with Gasteiger partial charge in [-0.1, -0.05) is 11.6 Å². The molecule has 1 atom stereocenters. The maximum atomic E-state index is 5.84. The second kappa shape index (κ2) is 4.57. The fraction of sp³-hybridized carbons (Fsp3) is 0.400. The SMILES string of the molecule is NC1C=C(Cc2ccsc2Br)CNC1. The van der Waals surface area contributed by atoms with Gasteiger partial charge in [-0.2, -0.15) is 0 Å². The molecule has 0 aliphatic carbocycles. The van der Waals surface area contributed by atoms with Crippen molar-refractivity contribution in [3.8, 4) is 0 Å². The minimum Gasteiger partial charge on any atom is -0.323 e. The summed E-state index contributed by atoms with van der Waals surface area (Å²) in [7, 11) is 0. The van der Waals surface area contributed by atoms with E-state index in [0.717, 1.165) is 19.5 Å². The summed E-state index contributed by atoms with van der Waals surface area (Å²) in [6, 6.07) is 2.34. The van der Waals surface area contributed by atoms with E-state index < -0.39 is 0 Å². The number of thiophene rings is 1. The van der Waals surface area contributed by atoms with Crippen LogP contribution in [0.4, 0.5) is 0 Å². The van der Waals surface area contributed by atoms with Crippen LogP contribution in [0.5, 0.6) is 0 Å². The summed E-state index contributed by atoms with van der Waals surface area (Å²) >= 11 is 5.28. The predicted molar refractivity (Wildman–Crippen MR) is 64.7 cm³/mol. The van der Waals surface area contributed by atoms with Crippen LogP contribution in [0.25, 0.3) is 0 Å². The van der Waals surface area contributed by atoms with Crippen molar-refractivity contribution >= 4 is 27.3 Å². The van der Waals surface area contributed by atoms with Gasteiger partial charge in [-0.05, 0) is 39.4 Å². The molecule has 0 amide bonds. The van der Waals surface area contributed by atoms with Gasteiger partial charge >= 0.3 is 0 Å². The van der Waals surface area contributed by atoms with Gasteiger partial charge in [-0.15, -0.1) is 11.3 Å². The van der Waals surface area contributed by atoms with E-state index in [2.05, 4.69) is 38.8 Å². The van der Waals surface area contributed by atoms with E-state index in [9.17, 15) is 0 Å². The third kappa shape index (κ3) is 2.45. The van der Waals surface area contributed by atoms with Crippen LogP contribution in [0, 0.1) is 0 Å². The van der Waals surface area contributed by atoms with Crippen LogP contribution in [0.2, 0.25) is 0 Å². The zero-order valence-electron chi connectivity index (χ0n) is 7.79. The van der Waals surface area contributed by atoms with Gasteiger partial charge in [0.05, 0.1) is 3.79 Å². The monoisotopic (exact) mass is 272 g/mol. The van der Waals surface area contributed by atoms with Crippen molar-refractivity contribution in [3.63, 3.8) is 0 Å². The van der Waals surface area contributed by atoms with Crippen molar-refractivity contribution in [1.82, 2.24) is 5.32 Å². The maximum absolute atomic E-state index is 5.84. The third-order valence-electron chi connectivity index (χ3n) is 2.29. The Balaban J connectivity index is 2.07. The lowest BCUT2D eigenvalue weighted by molar-refractivity contribution is 0.627. The Morgan fingerprint density at radius 1 is 1.64 bits per heavy atom. The Kier molecular flexibility index (Phi) is 3.38. The Morgan fingerprint density at radius 3 is 3.14 bits per heavy atom. The van der Waals surface area contributed by atoms with Gasteiger partial charge in [0.25, 0.3) is 0 Å². The molecule has 0 saturated heterocycles. The molecular formula is C10H13BrN2S. The van der Waals surface area contributed by atoms with Crippen LogP contribution in [0.15, 0.2) is 26.9 Å². The second-order valence-electron chi connectivity index (χ2n) is 3.52. The summed E-state index contributed by atoms with van der Waals surface area (Å²) in [6.45, 7) is 1.87. The number of hydrogen-bond donors (Lipinski definition) is 2. The summed E-state index contributed by atoms with van der Waals surface area (Å²) in [5.41, 5.74) is 8.59. The topological polar surface area (TPSA) is 38.0 Å². The van der Waals surface area contributed by atoms with Gasteiger partial charge in [0.15, 0.2) is 0 Å². The van der Waals surface area contributed by atoms with Crippen LogP contribution in [0.1, 0.15) is 5.56 Å². The Bertz CT molecular complexity index is 346. The summed E-state index contributed by atoms with van der Waals surface area (Å²) < 4.78 is 1.23. The molecule has 1 aliphatic rings. The van der Waals surface area contributed by atoms with Gasteiger partial charge < -0.3 is 11.1 Å². The average Bonchev–Trinajstić information content (AvgIpc) is 2.52. The molecule has 0 radical (unpaired) electrons. The standard InChI is InChI=1S/C10H13BrN2S/c11-10-8(1-2-14-10)3-7-4-9(12)6-13-5-7/h1-2,4,9,13H,3,5-6,12H2. The molecule has 2 nitrogen and oxygen atoms in total. The molecule has 0 fully saturated rings. The highest BCUT2D eigenvalue weighted by molar-refractivity contribution is 9.11. The largest absolute Gasteiger partial charge is 0.323 e. The minimum absolute atomic E-state index is 0.177. The first-order chi connectivity index (χ1) is 6.75. The van der Waals surface area contributed by atoms with Gasteiger partial charge in [-0.3, -0.25) is 0 Å². The highest BCUT2D eigenvalue weighted by Gasteiger charge is 2.11. The van der Waals surface area contributed by atoms with Crippen LogP contribution in [-0.4, -0.2) is 19.1 Å². The van der Waals surface area contributed by atoms with Gasteiger partial charge in [0.2, 0.25) is 0 Å². The van der Waals surface area contributed by atoms with E-state index >= 15 is 0 Å². The fourth-order valence-electron chi connectivity index (χ4n) is 1.63. The van der Waals surface area contributed by atoms with E-state index in [4.69, 9.17) is 5.73 Å². The number of rotatable bonds is 2. The van der Waals surface area contributed by atoms with E-state index in [0.29, 0.717) is 0 Å². The van der Waals surface area contributed by atoms with Crippen LogP contribution in [-0.2, 0) is 6.42 Å². The highest BCUT2D eigenvalue weighted by atomic mass is 79.9. The molecule has 4 heteroatoms. The quantitative estimate of drug-likeness (QED) is 0.808. The fourth-order valence-corrected chi connectivity index (χ4v) is 2.87. The second-order valence-corrected chi connectivity index (χ2v) is 5.75. The van der Waals surface area contributed by atoms with Crippen LogP contribution < -0.4 is 11.1 Å². The lowest BCUT2D eigenvalue weighted by Crippen LogP contribution is -2.38. The first kappa shape index (κ1) is 10.4. The molecule has 2 rings (SSSR count). The van der Waals surface area contributed by atoms with Gasteiger partial charge in [0, 0.05) is 19.1 Å². The smallest absolute Gasteiger partial charge is 0.0733 e. The molecule has 3 N–H and O–H groups in total. The normalized spacial score (nSPS) is 22.1. The molecule has 2 heterocycles. The molecule has 14 heavy (non-hydrogen) atoms. The summed E-state index contributed by atoms with van der Waals surface area (Å²) in [5, 5.41) is 5.42. The molecular weight excluding hydrogens is 260 g/mol. The minimum atomic E-state index is 0.177. The van der Waals surface area contributed by atoms with Gasteiger partial charge in [-0.25, -0.2) is 0 Å². The third-order valence-corrected chi connectivity index (χ3v) is 4.10. The molecule has 1 aromatic heterocycles. The molecule has 76 valence electrons. The average molecular weight is 273 g/mol. The molecule has 1 aliphatic heterocycles. The summed E-state index contributed by atoms with van der Waals surface area (Å²) in [6.07, 6.45) is 3.19. The predicted octanol–water partition coefficient (Wildman–Crippen LogP) is 1.91. The highest BCUT2D eigenvalue weighted by Crippen LogP contribution is 2.25. The summed E-state index contributed by atoms with van der Waals surface area (Å²) in [4.78, 5) is 0. The van der Waals surface area contributed by atoms with Crippen LogP contribution in [0.3, 0.4) is 0 Å². The van der Waals surface area contributed by atoms with Crippen molar-refractivity contribution < 1.29 is 0 Å². The van der Waals surface area contributed by atoms with E-state index in [1.54, 1.807) is 11.3 Å². The zero-order valence-corrected chi connectivity index (χ0v) is 10.2. The molecule has 1 aromatic rings. The van der Waals surface area contributed by atoms with Crippen molar-refractivity contribution in [2.75, 3.05) is 13.1 Å². The Morgan fingerprint density at radius 2 is 2.50 bits per heavy atom. The number of hydrogen-bond acceptors (Lipinski definition) is 3. The first-order valence-corrected chi connectivity index (χ1v) is 6.30. The lowest BCUT2D eigenvalue weighted by Gasteiger charge is -2.19. The lowest BCUT2D eigenvalue weighted by atomic mass is 10.0. The van der Waals surface area contributed by atoms with E-state index in [1.807, 2.05) is 0 Å². The van der Waals surface area contributed by atoms with E-state index in [1.165, 1.54) is 14.9 Å². The molecule has 0 spiro atoms. The molecule has 0 saturated carbocycles. The van der Waals surface area contributed by atoms with Crippen molar-refractivity contribution in [3.05, 3.63) is 32.4 Å². The molecule has 0 bridgehead atoms. The molecule has 1 unspecified atom stereocenters. The zero-order chi connectivity index (χ0) is 9.97. The Labute approximate surface area is 96.3 Å². The van der Waals surface area contributed by atoms with Crippen molar-refractivity contribution in [2.45, 2.75) is 12.5 Å². The number of nitrogens with two attached hydrogens (primary N) is 1. The first-order valence-electron chi connectivity index (χ1n) is 4.63. The van der Waals surface area contributed by atoms with Gasteiger partial charge in [0.1, 0.15) is 0 Å².